The summed E-state index contributed by atoms with van der Waals surface area (Å²) in [4.78, 5) is 0. The van der Waals surface area contributed by atoms with Crippen LogP contribution in [0.3, 0.4) is 0 Å². The summed E-state index contributed by atoms with van der Waals surface area (Å²) in [6, 6.07) is 8.82. The van der Waals surface area contributed by atoms with E-state index in [0.717, 1.165) is 24.2 Å². The van der Waals surface area contributed by atoms with Crippen molar-refractivity contribution < 1.29 is 4.74 Å². The van der Waals surface area contributed by atoms with Crippen molar-refractivity contribution in [3.8, 4) is 0 Å². The van der Waals surface area contributed by atoms with E-state index in [4.69, 9.17) is 4.74 Å². The predicted octanol–water partition coefficient (Wildman–Crippen LogP) is 3.70. The number of rotatable bonds is 3. The van der Waals surface area contributed by atoms with Gasteiger partial charge in [-0.1, -0.05) is 12.1 Å². The third kappa shape index (κ3) is 3.96. The lowest BCUT2D eigenvalue weighted by molar-refractivity contribution is 0.1000. The Morgan fingerprint density at radius 2 is 1.87 bits per heavy atom. The Balaban J connectivity index is 1.79. The molecular formula is C12H15IOS. The Labute approximate surface area is 109 Å². The van der Waals surface area contributed by atoms with Crippen LogP contribution in [0.25, 0.3) is 0 Å². The lowest BCUT2D eigenvalue weighted by Gasteiger charge is -2.21. The molecule has 3 heteroatoms. The highest BCUT2D eigenvalue weighted by molar-refractivity contribution is 14.1. The molecule has 1 nitrogen and oxygen atoms in total. The van der Waals surface area contributed by atoms with Crippen LogP contribution in [0.4, 0.5) is 0 Å². The largest absolute Gasteiger partial charge is 0.381 e. The second kappa shape index (κ2) is 6.11. The molecule has 82 valence electrons. The van der Waals surface area contributed by atoms with E-state index in [0.29, 0.717) is 0 Å². The predicted molar refractivity (Wildman–Crippen MR) is 74.3 cm³/mol. The molecule has 1 fully saturated rings. The van der Waals surface area contributed by atoms with Gasteiger partial charge in [0.2, 0.25) is 0 Å². The summed E-state index contributed by atoms with van der Waals surface area (Å²) in [5, 5.41) is 0.804. The fourth-order valence-corrected chi connectivity index (χ4v) is 3.14. The second-order valence-electron chi connectivity index (χ2n) is 3.75. The maximum atomic E-state index is 5.35. The molecule has 15 heavy (non-hydrogen) atoms. The number of benzene rings is 1. The van der Waals surface area contributed by atoms with Gasteiger partial charge in [0, 0.05) is 27.8 Å². The quantitative estimate of drug-likeness (QED) is 0.780. The Morgan fingerprint density at radius 1 is 1.20 bits per heavy atom. The van der Waals surface area contributed by atoms with Crippen molar-refractivity contribution in [3.05, 3.63) is 33.4 Å². The van der Waals surface area contributed by atoms with Crippen LogP contribution in [0.2, 0.25) is 0 Å². The Morgan fingerprint density at radius 3 is 2.53 bits per heavy atom. The van der Waals surface area contributed by atoms with Gasteiger partial charge in [0.15, 0.2) is 0 Å². The molecule has 1 saturated heterocycles. The van der Waals surface area contributed by atoms with Crippen LogP contribution < -0.4 is 0 Å². The minimum atomic E-state index is 0.804. The van der Waals surface area contributed by atoms with E-state index in [1.54, 1.807) is 0 Å². The molecule has 1 aliphatic heterocycles. The van der Waals surface area contributed by atoms with Crippen molar-refractivity contribution in [2.45, 2.75) is 23.8 Å². The molecule has 1 aliphatic rings. The van der Waals surface area contributed by atoms with Gasteiger partial charge in [-0.25, -0.2) is 0 Å². The van der Waals surface area contributed by atoms with E-state index in [1.165, 1.54) is 22.0 Å². The first kappa shape index (κ1) is 11.7. The van der Waals surface area contributed by atoms with E-state index in [1.807, 2.05) is 0 Å². The molecule has 0 atom stereocenters. The maximum Gasteiger partial charge on any atom is 0.0476 e. The Hall–Kier alpha value is 0.260. The molecule has 0 amide bonds. The molecule has 1 aromatic rings. The van der Waals surface area contributed by atoms with Gasteiger partial charge < -0.3 is 4.74 Å². The maximum absolute atomic E-state index is 5.35. The summed E-state index contributed by atoms with van der Waals surface area (Å²) >= 11 is 4.42. The first-order chi connectivity index (χ1) is 7.34. The van der Waals surface area contributed by atoms with Gasteiger partial charge in [-0.3, -0.25) is 0 Å². The van der Waals surface area contributed by atoms with Gasteiger partial charge in [-0.05, 0) is 53.1 Å². The van der Waals surface area contributed by atoms with Gasteiger partial charge in [-0.15, -0.1) is 0 Å². The van der Waals surface area contributed by atoms with Crippen LogP contribution in [0.5, 0.6) is 0 Å². The molecule has 0 saturated carbocycles. The first-order valence-electron chi connectivity index (χ1n) is 5.28. The molecule has 0 N–H and O–H groups in total. The first-order valence-corrected chi connectivity index (χ1v) is 7.41. The Bertz CT molecular complexity index is 293. The van der Waals surface area contributed by atoms with Crippen molar-refractivity contribution in [3.63, 3.8) is 0 Å². The van der Waals surface area contributed by atoms with Crippen molar-refractivity contribution in [1.29, 1.82) is 0 Å². The monoisotopic (exact) mass is 334 g/mol. The van der Waals surface area contributed by atoms with Crippen LogP contribution >= 0.6 is 34.4 Å². The summed E-state index contributed by atoms with van der Waals surface area (Å²) in [6.45, 7) is 1.90. The Kier molecular flexibility index (Phi) is 4.78. The average Bonchev–Trinajstić information content (AvgIpc) is 2.30. The zero-order valence-electron chi connectivity index (χ0n) is 8.62. The topological polar surface area (TPSA) is 9.23 Å². The van der Waals surface area contributed by atoms with Gasteiger partial charge >= 0.3 is 0 Å². The zero-order chi connectivity index (χ0) is 10.5. The van der Waals surface area contributed by atoms with Gasteiger partial charge in [-0.2, -0.15) is 11.8 Å². The molecule has 1 aromatic carbocycles. The number of hydrogen-bond acceptors (Lipinski definition) is 2. The highest BCUT2D eigenvalue weighted by atomic mass is 127. The summed E-state index contributed by atoms with van der Waals surface area (Å²) in [7, 11) is 0. The SMILES string of the molecule is Ic1ccc(CSC2CCOCC2)cc1. The molecule has 0 unspecified atom stereocenters. The van der Waals surface area contributed by atoms with Crippen molar-refractivity contribution in [1.82, 2.24) is 0 Å². The number of ether oxygens (including phenoxy) is 1. The number of hydrogen-bond donors (Lipinski definition) is 0. The summed E-state index contributed by atoms with van der Waals surface area (Å²) in [6.07, 6.45) is 2.43. The molecule has 0 spiro atoms. The van der Waals surface area contributed by atoms with E-state index >= 15 is 0 Å². The summed E-state index contributed by atoms with van der Waals surface area (Å²) in [5.74, 6) is 1.14. The van der Waals surface area contributed by atoms with Crippen LogP contribution in [0.1, 0.15) is 18.4 Å². The molecule has 1 heterocycles. The third-order valence-corrected chi connectivity index (χ3v) is 4.73. The van der Waals surface area contributed by atoms with Crippen LogP contribution in [-0.2, 0) is 10.5 Å². The van der Waals surface area contributed by atoms with Crippen LogP contribution in [0, 0.1) is 3.57 Å². The van der Waals surface area contributed by atoms with E-state index in [-0.39, 0.29) is 0 Å². The smallest absolute Gasteiger partial charge is 0.0476 e. The number of halogens is 1. The zero-order valence-corrected chi connectivity index (χ0v) is 11.6. The van der Waals surface area contributed by atoms with Gasteiger partial charge in [0.1, 0.15) is 0 Å². The lowest BCUT2D eigenvalue weighted by Crippen LogP contribution is -2.17. The average molecular weight is 334 g/mol. The van der Waals surface area contributed by atoms with Gasteiger partial charge in [0.05, 0.1) is 0 Å². The van der Waals surface area contributed by atoms with E-state index in [9.17, 15) is 0 Å². The molecule has 0 bridgehead atoms. The third-order valence-electron chi connectivity index (χ3n) is 2.57. The molecule has 0 aliphatic carbocycles. The van der Waals surface area contributed by atoms with E-state index < -0.39 is 0 Å². The van der Waals surface area contributed by atoms with E-state index in [2.05, 4.69) is 58.6 Å². The van der Waals surface area contributed by atoms with Gasteiger partial charge in [0.25, 0.3) is 0 Å². The minimum absolute atomic E-state index is 0.804. The normalized spacial score (nSPS) is 17.9. The molecule has 0 aromatic heterocycles. The highest BCUT2D eigenvalue weighted by Gasteiger charge is 2.13. The lowest BCUT2D eigenvalue weighted by atomic mass is 10.2. The van der Waals surface area contributed by atoms with Crippen molar-refractivity contribution in [2.75, 3.05) is 13.2 Å². The van der Waals surface area contributed by atoms with Crippen molar-refractivity contribution >= 4 is 34.4 Å². The fourth-order valence-electron chi connectivity index (χ4n) is 1.64. The molecule has 0 radical (unpaired) electrons. The van der Waals surface area contributed by atoms with Crippen LogP contribution in [0.15, 0.2) is 24.3 Å². The molecule has 2 rings (SSSR count). The molecular weight excluding hydrogens is 319 g/mol. The number of thioether (sulfide) groups is 1. The standard InChI is InChI=1S/C12H15IOS/c13-11-3-1-10(2-4-11)9-15-12-5-7-14-8-6-12/h1-4,12H,5-9H2. The fraction of sp³-hybridized carbons (Fsp3) is 0.500. The highest BCUT2D eigenvalue weighted by Crippen LogP contribution is 2.25. The second-order valence-corrected chi connectivity index (χ2v) is 6.28. The van der Waals surface area contributed by atoms with Crippen molar-refractivity contribution in [2.24, 2.45) is 0 Å². The summed E-state index contributed by atoms with van der Waals surface area (Å²) < 4.78 is 6.67. The summed E-state index contributed by atoms with van der Waals surface area (Å²) in [5.41, 5.74) is 1.44. The van der Waals surface area contributed by atoms with Crippen LogP contribution in [-0.4, -0.2) is 18.5 Å². The minimum Gasteiger partial charge on any atom is -0.381 e.